The number of ether oxygens (including phenoxy) is 1. The number of hydrogen-bond acceptors (Lipinski definition) is 7. The van der Waals surface area contributed by atoms with Crippen molar-refractivity contribution in [3.05, 3.63) is 18.1 Å². The number of thioether (sulfide) groups is 1. The number of nitrogens with one attached hydrogen (secondary N) is 1. The van der Waals surface area contributed by atoms with Gasteiger partial charge in [0.2, 0.25) is 0 Å². The zero-order valence-corrected chi connectivity index (χ0v) is 11.6. The number of anilines is 1. The number of carbonyl (C=O) groups excluding carboxylic acids is 1. The van der Waals surface area contributed by atoms with Crippen molar-refractivity contribution in [1.82, 2.24) is 9.97 Å². The third-order valence-corrected chi connectivity index (χ3v) is 2.68. The van der Waals surface area contributed by atoms with Gasteiger partial charge in [0.25, 0.3) is 0 Å². The van der Waals surface area contributed by atoms with Crippen molar-refractivity contribution in [3.63, 3.8) is 0 Å². The van der Waals surface area contributed by atoms with E-state index in [4.69, 9.17) is 10.6 Å². The maximum Gasteiger partial charge on any atom is 0.316 e. The highest BCUT2D eigenvalue weighted by Gasteiger charge is 2.15. The summed E-state index contributed by atoms with van der Waals surface area (Å²) in [4.78, 5) is 19.6. The molecule has 0 fully saturated rings. The fourth-order valence-electron chi connectivity index (χ4n) is 1.11. The van der Waals surface area contributed by atoms with Gasteiger partial charge in [-0.2, -0.15) is 0 Å². The van der Waals surface area contributed by atoms with E-state index in [2.05, 4.69) is 15.4 Å². The molecule has 0 amide bonds. The minimum absolute atomic E-state index is 0.222. The summed E-state index contributed by atoms with van der Waals surface area (Å²) in [5.74, 6) is 6.38. The fraction of sp³-hybridized carbons (Fsp3) is 0.545. The van der Waals surface area contributed by atoms with Crippen molar-refractivity contribution < 1.29 is 9.53 Å². The molecule has 0 spiro atoms. The Bertz CT molecular complexity index is 389. The lowest BCUT2D eigenvalue weighted by Crippen LogP contribution is -2.24. The zero-order chi connectivity index (χ0) is 13.6. The van der Waals surface area contributed by atoms with Crippen LogP contribution in [0.15, 0.2) is 12.4 Å². The summed E-state index contributed by atoms with van der Waals surface area (Å²) in [6.07, 6.45) is 3.17. The second-order valence-electron chi connectivity index (χ2n) is 4.62. The van der Waals surface area contributed by atoms with Gasteiger partial charge in [-0.1, -0.05) is 0 Å². The third kappa shape index (κ3) is 5.83. The van der Waals surface area contributed by atoms with E-state index in [-0.39, 0.29) is 5.97 Å². The predicted octanol–water partition coefficient (Wildman–Crippen LogP) is 1.34. The lowest BCUT2D eigenvalue weighted by molar-refractivity contribution is -0.151. The summed E-state index contributed by atoms with van der Waals surface area (Å²) in [6, 6.07) is 0. The molecule has 0 bridgehead atoms. The van der Waals surface area contributed by atoms with Crippen LogP contribution in [-0.2, 0) is 15.3 Å². The van der Waals surface area contributed by atoms with E-state index in [1.807, 2.05) is 20.8 Å². The number of hydrogen-bond donors (Lipinski definition) is 2. The molecule has 1 heterocycles. The second kappa shape index (κ2) is 6.55. The Labute approximate surface area is 111 Å². The SMILES string of the molecule is CC(C)(C)OC(=O)CSCc1cnc(NN)cn1. The van der Waals surface area contributed by atoms with E-state index in [9.17, 15) is 4.79 Å². The van der Waals surface area contributed by atoms with Crippen molar-refractivity contribution in [2.75, 3.05) is 11.2 Å². The molecule has 0 unspecified atom stereocenters. The summed E-state index contributed by atoms with van der Waals surface area (Å²) in [5, 5.41) is 0. The Morgan fingerprint density at radius 3 is 2.67 bits per heavy atom. The molecule has 1 rings (SSSR count). The van der Waals surface area contributed by atoms with Crippen molar-refractivity contribution >= 4 is 23.5 Å². The van der Waals surface area contributed by atoms with Crippen LogP contribution < -0.4 is 11.3 Å². The van der Waals surface area contributed by atoms with E-state index in [1.54, 1.807) is 12.4 Å². The molecule has 3 N–H and O–H groups in total. The van der Waals surface area contributed by atoms with Gasteiger partial charge >= 0.3 is 5.97 Å². The van der Waals surface area contributed by atoms with Gasteiger partial charge in [0, 0.05) is 5.75 Å². The number of nitrogens with zero attached hydrogens (tertiary/aromatic N) is 2. The highest BCUT2D eigenvalue weighted by atomic mass is 32.2. The lowest BCUT2D eigenvalue weighted by atomic mass is 10.2. The maximum absolute atomic E-state index is 11.4. The molecule has 0 radical (unpaired) electrons. The summed E-state index contributed by atoms with van der Waals surface area (Å²) >= 11 is 1.44. The summed E-state index contributed by atoms with van der Waals surface area (Å²) in [7, 11) is 0. The van der Waals surface area contributed by atoms with Crippen LogP contribution in [0.1, 0.15) is 26.5 Å². The molecule has 0 aliphatic carbocycles. The standard InChI is InChI=1S/C11H18N4O2S/c1-11(2,3)17-10(16)7-18-6-8-4-14-9(15-12)5-13-8/h4-5H,6-7,12H2,1-3H3,(H,14,15). The number of nitrogens with two attached hydrogens (primary N) is 1. The van der Waals surface area contributed by atoms with E-state index in [0.717, 1.165) is 5.69 Å². The molecule has 0 aromatic carbocycles. The first-order chi connectivity index (χ1) is 8.40. The highest BCUT2D eigenvalue weighted by molar-refractivity contribution is 7.99. The van der Waals surface area contributed by atoms with Gasteiger partial charge in [-0.05, 0) is 20.8 Å². The molecule has 0 atom stereocenters. The Morgan fingerprint density at radius 2 is 2.17 bits per heavy atom. The normalized spacial score (nSPS) is 11.1. The van der Waals surface area contributed by atoms with Crippen LogP contribution in [0.25, 0.3) is 0 Å². The molecule has 0 aliphatic heterocycles. The molecule has 0 aliphatic rings. The van der Waals surface area contributed by atoms with Gasteiger partial charge in [0.15, 0.2) is 5.82 Å². The van der Waals surface area contributed by atoms with Gasteiger partial charge in [0.1, 0.15) is 5.60 Å². The zero-order valence-electron chi connectivity index (χ0n) is 10.8. The van der Waals surface area contributed by atoms with Gasteiger partial charge in [-0.3, -0.25) is 9.78 Å². The molecular formula is C11H18N4O2S. The quantitative estimate of drug-likeness (QED) is 0.474. The number of hydrazine groups is 1. The van der Waals surface area contributed by atoms with Gasteiger partial charge in [0.05, 0.1) is 23.8 Å². The van der Waals surface area contributed by atoms with Gasteiger partial charge in [-0.25, -0.2) is 10.8 Å². The topological polar surface area (TPSA) is 90.1 Å². The Morgan fingerprint density at radius 1 is 1.44 bits per heavy atom. The summed E-state index contributed by atoms with van der Waals surface area (Å²) in [6.45, 7) is 5.54. The van der Waals surface area contributed by atoms with Crippen LogP contribution in [0.4, 0.5) is 5.82 Å². The smallest absolute Gasteiger partial charge is 0.316 e. The average Bonchev–Trinajstić information content (AvgIpc) is 2.27. The first kappa shape index (κ1) is 14.7. The second-order valence-corrected chi connectivity index (χ2v) is 5.60. The van der Waals surface area contributed by atoms with Crippen LogP contribution in [0.3, 0.4) is 0 Å². The van der Waals surface area contributed by atoms with Crippen molar-refractivity contribution in [2.24, 2.45) is 5.84 Å². The molecular weight excluding hydrogens is 252 g/mol. The molecule has 7 heteroatoms. The predicted molar refractivity (Wildman–Crippen MR) is 71.8 cm³/mol. The molecule has 18 heavy (non-hydrogen) atoms. The van der Waals surface area contributed by atoms with E-state index in [0.29, 0.717) is 17.3 Å². The Hall–Kier alpha value is -1.34. The number of nitrogen functional groups attached to an aromatic ring is 1. The van der Waals surface area contributed by atoms with Crippen LogP contribution >= 0.6 is 11.8 Å². The number of carbonyl (C=O) groups is 1. The molecule has 1 aromatic rings. The largest absolute Gasteiger partial charge is 0.459 e. The third-order valence-electron chi connectivity index (χ3n) is 1.74. The average molecular weight is 270 g/mol. The molecule has 1 aromatic heterocycles. The van der Waals surface area contributed by atoms with Crippen molar-refractivity contribution in [3.8, 4) is 0 Å². The number of aromatic nitrogens is 2. The Kier molecular flexibility index (Phi) is 5.36. The minimum Gasteiger partial charge on any atom is -0.459 e. The molecule has 6 nitrogen and oxygen atoms in total. The summed E-state index contributed by atoms with van der Waals surface area (Å²) in [5.41, 5.74) is 2.76. The first-order valence-electron chi connectivity index (χ1n) is 5.48. The van der Waals surface area contributed by atoms with Crippen LogP contribution in [0.5, 0.6) is 0 Å². The van der Waals surface area contributed by atoms with Gasteiger partial charge < -0.3 is 10.2 Å². The molecule has 0 saturated heterocycles. The summed E-state index contributed by atoms with van der Waals surface area (Å²) < 4.78 is 5.19. The van der Waals surface area contributed by atoms with E-state index in [1.165, 1.54) is 11.8 Å². The minimum atomic E-state index is -0.439. The van der Waals surface area contributed by atoms with Gasteiger partial charge in [-0.15, -0.1) is 11.8 Å². The highest BCUT2D eigenvalue weighted by Crippen LogP contribution is 2.13. The van der Waals surface area contributed by atoms with Crippen LogP contribution in [0.2, 0.25) is 0 Å². The van der Waals surface area contributed by atoms with Crippen molar-refractivity contribution in [2.45, 2.75) is 32.1 Å². The lowest BCUT2D eigenvalue weighted by Gasteiger charge is -2.19. The fourth-order valence-corrected chi connectivity index (χ4v) is 1.80. The van der Waals surface area contributed by atoms with Crippen LogP contribution in [-0.4, -0.2) is 27.3 Å². The first-order valence-corrected chi connectivity index (χ1v) is 6.63. The van der Waals surface area contributed by atoms with E-state index >= 15 is 0 Å². The number of esters is 1. The number of rotatable bonds is 5. The van der Waals surface area contributed by atoms with Crippen LogP contribution in [0, 0.1) is 0 Å². The van der Waals surface area contributed by atoms with Crippen molar-refractivity contribution in [1.29, 1.82) is 0 Å². The molecule has 0 saturated carbocycles. The van der Waals surface area contributed by atoms with E-state index < -0.39 is 5.60 Å². The monoisotopic (exact) mass is 270 g/mol. The Balaban J connectivity index is 2.30. The maximum atomic E-state index is 11.4. The molecule has 100 valence electrons.